The molecule has 0 aromatic heterocycles. The van der Waals surface area contributed by atoms with E-state index in [0.29, 0.717) is 0 Å². The van der Waals surface area contributed by atoms with Gasteiger partial charge in [-0.15, -0.1) is 0 Å². The van der Waals surface area contributed by atoms with E-state index in [1.165, 1.54) is 20.3 Å². The van der Waals surface area contributed by atoms with Crippen LogP contribution in [0.2, 0.25) is 0 Å². The fourth-order valence-electron chi connectivity index (χ4n) is 1.81. The predicted molar refractivity (Wildman–Crippen MR) is 46.1 cm³/mol. The van der Waals surface area contributed by atoms with E-state index in [0.717, 1.165) is 25.7 Å². The van der Waals surface area contributed by atoms with Gasteiger partial charge < -0.3 is 0 Å². The molecule has 0 N–H and O–H groups in total. The molecule has 1 aliphatic rings. The first-order valence-electron chi connectivity index (χ1n) is 4.76. The zero-order valence-corrected chi connectivity index (χ0v) is 8.12. The Hall–Kier alpha value is -0.210. The second-order valence-corrected chi connectivity index (χ2v) is 4.43. The van der Waals surface area contributed by atoms with Gasteiger partial charge in [0.1, 0.15) is 0 Å². The quantitative estimate of drug-likeness (QED) is 0.622. The normalized spacial score (nSPS) is 21.0. The van der Waals surface area contributed by atoms with Crippen LogP contribution in [0.5, 0.6) is 0 Å². The van der Waals surface area contributed by atoms with Crippen LogP contribution in [0.1, 0.15) is 39.5 Å². The first kappa shape index (κ1) is 10.9. The highest BCUT2D eigenvalue weighted by Gasteiger charge is 2.48. The maximum atomic E-state index is 12.5. The van der Waals surface area contributed by atoms with Gasteiger partial charge in [-0.2, -0.15) is 13.2 Å². The average molecular weight is 193 g/mol. The highest BCUT2D eigenvalue weighted by Crippen LogP contribution is 2.44. The van der Waals surface area contributed by atoms with Gasteiger partial charge in [0.25, 0.3) is 0 Å². The van der Waals surface area contributed by atoms with Crippen molar-refractivity contribution in [1.82, 2.24) is 0 Å². The molecule has 0 saturated heterocycles. The van der Waals surface area contributed by atoms with Crippen LogP contribution < -0.4 is 0 Å². The Morgan fingerprint density at radius 2 is 1.54 bits per heavy atom. The average Bonchev–Trinajstić information content (AvgIpc) is 2.35. The Labute approximate surface area is 77.5 Å². The van der Waals surface area contributed by atoms with Gasteiger partial charge in [-0.1, -0.05) is 39.5 Å². The lowest BCUT2D eigenvalue weighted by Gasteiger charge is -2.29. The van der Waals surface area contributed by atoms with Gasteiger partial charge in [-0.25, -0.2) is 0 Å². The number of hydrogen-bond donors (Lipinski definition) is 0. The molecule has 0 spiro atoms. The lowest BCUT2D eigenvalue weighted by Crippen LogP contribution is -2.34. The van der Waals surface area contributed by atoms with Crippen molar-refractivity contribution >= 4 is 0 Å². The van der Waals surface area contributed by atoms with Gasteiger partial charge in [-0.3, -0.25) is 0 Å². The summed E-state index contributed by atoms with van der Waals surface area (Å²) in [4.78, 5) is 0. The summed E-state index contributed by atoms with van der Waals surface area (Å²) in [5, 5.41) is 0. The molecule has 1 aliphatic carbocycles. The topological polar surface area (TPSA) is 0 Å². The largest absolute Gasteiger partial charge is 0.394 e. The van der Waals surface area contributed by atoms with Crippen molar-refractivity contribution in [3.63, 3.8) is 0 Å². The third-order valence-corrected chi connectivity index (χ3v) is 2.78. The van der Waals surface area contributed by atoms with Crippen molar-refractivity contribution in [2.24, 2.45) is 11.3 Å². The maximum Gasteiger partial charge on any atom is 0.394 e. The van der Waals surface area contributed by atoms with Gasteiger partial charge in [0.05, 0.1) is 5.41 Å². The minimum absolute atomic E-state index is 0.177. The summed E-state index contributed by atoms with van der Waals surface area (Å²) in [7, 11) is 0. The Bertz CT molecular complexity index is 163. The second-order valence-electron chi connectivity index (χ2n) is 4.43. The molecule has 1 fully saturated rings. The summed E-state index contributed by atoms with van der Waals surface area (Å²) < 4.78 is 37.4. The molecule has 3 heteroatoms. The molecule has 0 nitrogen and oxygen atoms in total. The number of rotatable bonds is 2. The summed E-state index contributed by atoms with van der Waals surface area (Å²) in [6, 6.07) is 0. The van der Waals surface area contributed by atoms with E-state index in [9.17, 15) is 13.2 Å². The number of halogens is 3. The van der Waals surface area contributed by atoms with Crippen LogP contribution in [0.25, 0.3) is 0 Å². The SMILES string of the molecule is CC(C)([CH]C1CCCC1)C(F)(F)F. The first-order valence-corrected chi connectivity index (χ1v) is 4.76. The smallest absolute Gasteiger partial charge is 0.171 e. The molecular weight excluding hydrogens is 177 g/mol. The Morgan fingerprint density at radius 1 is 1.08 bits per heavy atom. The Balaban J connectivity index is 2.50. The van der Waals surface area contributed by atoms with Crippen LogP contribution in [0.15, 0.2) is 0 Å². The molecule has 0 aromatic carbocycles. The van der Waals surface area contributed by atoms with E-state index >= 15 is 0 Å². The summed E-state index contributed by atoms with van der Waals surface area (Å²) in [5.74, 6) is 0.177. The third-order valence-electron chi connectivity index (χ3n) is 2.78. The summed E-state index contributed by atoms with van der Waals surface area (Å²) in [6.45, 7) is 2.51. The highest BCUT2D eigenvalue weighted by atomic mass is 19.4. The summed E-state index contributed by atoms with van der Waals surface area (Å²) in [5.41, 5.74) is -1.62. The van der Waals surface area contributed by atoms with Crippen molar-refractivity contribution in [1.29, 1.82) is 0 Å². The fraction of sp³-hybridized carbons (Fsp3) is 0.900. The maximum absolute atomic E-state index is 12.5. The molecule has 0 bridgehead atoms. The molecule has 1 radical (unpaired) electrons. The van der Waals surface area contributed by atoms with Gasteiger partial charge in [0.15, 0.2) is 0 Å². The molecule has 0 atom stereocenters. The van der Waals surface area contributed by atoms with Gasteiger partial charge in [-0.05, 0) is 12.3 Å². The Kier molecular flexibility index (Phi) is 2.93. The predicted octanol–water partition coefficient (Wildman–Crippen LogP) is 3.97. The van der Waals surface area contributed by atoms with E-state index in [2.05, 4.69) is 0 Å². The van der Waals surface area contributed by atoms with Crippen molar-refractivity contribution in [2.75, 3.05) is 0 Å². The molecule has 0 aromatic rings. The molecule has 1 saturated carbocycles. The molecular formula is C10H16F3. The monoisotopic (exact) mass is 193 g/mol. The molecule has 13 heavy (non-hydrogen) atoms. The molecule has 0 heterocycles. The Morgan fingerprint density at radius 3 is 1.92 bits per heavy atom. The van der Waals surface area contributed by atoms with Crippen molar-refractivity contribution in [3.05, 3.63) is 6.42 Å². The van der Waals surface area contributed by atoms with Crippen molar-refractivity contribution < 1.29 is 13.2 Å². The summed E-state index contributed by atoms with van der Waals surface area (Å²) in [6.07, 6.45) is 1.40. The van der Waals surface area contributed by atoms with Gasteiger partial charge in [0.2, 0.25) is 0 Å². The van der Waals surface area contributed by atoms with Crippen molar-refractivity contribution in [2.45, 2.75) is 45.7 Å². The highest BCUT2D eigenvalue weighted by molar-refractivity contribution is 4.96. The van der Waals surface area contributed by atoms with E-state index in [4.69, 9.17) is 0 Å². The third kappa shape index (κ3) is 2.61. The van der Waals surface area contributed by atoms with E-state index in [1.54, 1.807) is 0 Å². The van der Waals surface area contributed by atoms with Gasteiger partial charge in [0, 0.05) is 0 Å². The zero-order valence-electron chi connectivity index (χ0n) is 8.12. The first-order chi connectivity index (χ1) is 5.83. The van der Waals surface area contributed by atoms with Crippen LogP contribution in [0, 0.1) is 17.8 Å². The molecule has 77 valence electrons. The van der Waals surface area contributed by atoms with Crippen LogP contribution in [0.4, 0.5) is 13.2 Å². The fourth-order valence-corrected chi connectivity index (χ4v) is 1.81. The van der Waals surface area contributed by atoms with Gasteiger partial charge >= 0.3 is 6.18 Å². The number of alkyl halides is 3. The molecule has 0 unspecified atom stereocenters. The molecule has 0 aliphatic heterocycles. The molecule has 0 amide bonds. The van der Waals surface area contributed by atoms with Crippen LogP contribution >= 0.6 is 0 Å². The summed E-state index contributed by atoms with van der Waals surface area (Å²) >= 11 is 0. The minimum Gasteiger partial charge on any atom is -0.171 e. The molecule has 1 rings (SSSR count). The second kappa shape index (κ2) is 3.50. The van der Waals surface area contributed by atoms with E-state index < -0.39 is 11.6 Å². The standard InChI is InChI=1S/C10H16F3/c1-9(2,10(11,12)13)7-8-5-3-4-6-8/h7-8H,3-6H2,1-2H3. The number of hydrogen-bond acceptors (Lipinski definition) is 0. The van der Waals surface area contributed by atoms with Crippen molar-refractivity contribution in [3.8, 4) is 0 Å². The van der Waals surface area contributed by atoms with E-state index in [-0.39, 0.29) is 5.92 Å². The lowest BCUT2D eigenvalue weighted by atomic mass is 9.81. The zero-order chi connectivity index (χ0) is 10.1. The van der Waals surface area contributed by atoms with Crippen LogP contribution in [-0.2, 0) is 0 Å². The van der Waals surface area contributed by atoms with E-state index in [1.807, 2.05) is 0 Å². The van der Waals surface area contributed by atoms with Crippen LogP contribution in [0.3, 0.4) is 0 Å². The minimum atomic E-state index is -4.10. The van der Waals surface area contributed by atoms with Crippen LogP contribution in [-0.4, -0.2) is 6.18 Å². The lowest BCUT2D eigenvalue weighted by molar-refractivity contribution is -0.201.